The number of anilines is 1. The molecule has 0 aliphatic carbocycles. The zero-order valence-electron chi connectivity index (χ0n) is 48.3. The summed E-state index contributed by atoms with van der Waals surface area (Å²) in [5, 5.41) is 45.8. The molecule has 3 unspecified atom stereocenters. The number of carbonyl (C=O) groups excluding carboxylic acids is 3. The lowest BCUT2D eigenvalue weighted by atomic mass is 9.83. The molecular formula is C57H101N3O18P2. The van der Waals surface area contributed by atoms with Crippen molar-refractivity contribution in [1.29, 1.82) is 0 Å². The van der Waals surface area contributed by atoms with E-state index < -0.39 is 120 Å². The molecule has 2 fully saturated rings. The van der Waals surface area contributed by atoms with Crippen LogP contribution in [0.3, 0.4) is 0 Å². The van der Waals surface area contributed by atoms with E-state index in [2.05, 4.69) is 23.1 Å². The Morgan fingerprint density at radius 1 is 0.787 bits per heavy atom. The molecule has 0 aromatic carbocycles. The van der Waals surface area contributed by atoms with E-state index in [1.165, 1.54) is 121 Å². The van der Waals surface area contributed by atoms with Crippen LogP contribution in [0.1, 0.15) is 232 Å². The first kappa shape index (κ1) is 71.4. The van der Waals surface area contributed by atoms with Gasteiger partial charge >= 0.3 is 33.3 Å². The van der Waals surface area contributed by atoms with Crippen LogP contribution in [0, 0.1) is 17.8 Å². The number of hydrogen-bond acceptors (Lipinski definition) is 18. The van der Waals surface area contributed by atoms with E-state index in [4.69, 9.17) is 29.0 Å². The second kappa shape index (κ2) is 40.4. The summed E-state index contributed by atoms with van der Waals surface area (Å²) in [6.45, 7) is 3.92. The Balaban J connectivity index is 1.59. The van der Waals surface area contributed by atoms with E-state index in [0.717, 1.165) is 49.0 Å². The fourth-order valence-electron chi connectivity index (χ4n) is 10.1. The van der Waals surface area contributed by atoms with Gasteiger partial charge in [0.1, 0.15) is 36.6 Å². The molecule has 2 aliphatic heterocycles. The zero-order valence-corrected chi connectivity index (χ0v) is 50.1. The van der Waals surface area contributed by atoms with Crippen molar-refractivity contribution in [3.05, 3.63) is 34.9 Å². The Labute approximate surface area is 475 Å². The van der Waals surface area contributed by atoms with E-state index in [-0.39, 0.29) is 31.5 Å². The van der Waals surface area contributed by atoms with Crippen molar-refractivity contribution >= 4 is 39.2 Å². The fraction of sp³-hybridized carbons (Fsp3) is 0.842. The molecule has 2 aliphatic rings. The van der Waals surface area contributed by atoms with Gasteiger partial charge in [-0.05, 0) is 37.7 Å². The molecule has 0 saturated carbocycles. The molecule has 462 valence electrons. The van der Waals surface area contributed by atoms with Crippen molar-refractivity contribution < 1.29 is 81.3 Å². The normalized spacial score (nSPS) is 28.1. The third-order valence-electron chi connectivity index (χ3n) is 15.3. The SMILES string of the molecule is CCCCC[C@H](O)/C=C\[C@H]1C(=O)C[C@H](O)[C@@H]2CCCCCCC(=O)O[C@H](COC(=O)CCCCCCCCCCCCCCCCCCCCC(C)CC)COP(=O)(O)OP(=O)(O)OC[C@@H](O[C@H]2n2ccc(N)nc2=O)[C@@H](O)[C@H]1O. The van der Waals surface area contributed by atoms with Crippen LogP contribution in [0.4, 0.5) is 5.82 Å². The van der Waals surface area contributed by atoms with E-state index >= 15 is 0 Å². The van der Waals surface area contributed by atoms with Gasteiger partial charge in [-0.15, -0.1) is 0 Å². The molecule has 80 heavy (non-hydrogen) atoms. The molecule has 3 heterocycles. The van der Waals surface area contributed by atoms with Gasteiger partial charge in [0.2, 0.25) is 0 Å². The minimum absolute atomic E-state index is 0.0582. The van der Waals surface area contributed by atoms with Crippen LogP contribution in [0.25, 0.3) is 0 Å². The third kappa shape index (κ3) is 30.1. The fourth-order valence-corrected chi connectivity index (χ4v) is 12.2. The topological polar surface area (TPSA) is 323 Å². The van der Waals surface area contributed by atoms with Gasteiger partial charge in [0, 0.05) is 31.4 Å². The van der Waals surface area contributed by atoms with Gasteiger partial charge in [0.25, 0.3) is 0 Å². The number of aliphatic hydroxyl groups excluding tert-OH is 4. The summed E-state index contributed by atoms with van der Waals surface area (Å²) >= 11 is 0. The van der Waals surface area contributed by atoms with Gasteiger partial charge in [0.05, 0.1) is 37.4 Å². The minimum atomic E-state index is -5.71. The highest BCUT2D eigenvalue weighted by Gasteiger charge is 2.45. The molecule has 2 bridgehead atoms. The molecule has 1 aromatic heterocycles. The Morgan fingerprint density at radius 2 is 1.35 bits per heavy atom. The maximum Gasteiger partial charge on any atom is 0.481 e. The number of nitrogens with two attached hydrogens (primary N) is 1. The molecule has 0 radical (unpaired) electrons. The van der Waals surface area contributed by atoms with Crippen LogP contribution < -0.4 is 11.4 Å². The van der Waals surface area contributed by atoms with Crippen LogP contribution >= 0.6 is 15.6 Å². The number of carbonyl (C=O) groups is 3. The van der Waals surface area contributed by atoms with Crippen LogP contribution in [-0.2, 0) is 51.1 Å². The van der Waals surface area contributed by atoms with Crippen molar-refractivity contribution in [2.45, 2.75) is 269 Å². The van der Waals surface area contributed by atoms with Crippen molar-refractivity contribution in [1.82, 2.24) is 9.55 Å². The molecule has 0 amide bonds. The summed E-state index contributed by atoms with van der Waals surface area (Å²) in [4.78, 5) is 78.4. The number of hydrogen-bond donors (Lipinski definition) is 7. The van der Waals surface area contributed by atoms with Gasteiger partial charge in [-0.3, -0.25) is 28.0 Å². The van der Waals surface area contributed by atoms with Gasteiger partial charge in [-0.25, -0.2) is 13.9 Å². The number of ether oxygens (including phenoxy) is 3. The first-order valence-electron chi connectivity index (χ1n) is 30.2. The van der Waals surface area contributed by atoms with Gasteiger partial charge in [-0.1, -0.05) is 193 Å². The van der Waals surface area contributed by atoms with Crippen LogP contribution in [0.15, 0.2) is 29.2 Å². The van der Waals surface area contributed by atoms with Gasteiger partial charge in [-0.2, -0.15) is 9.29 Å². The number of ketones is 1. The number of rotatable bonds is 31. The number of aliphatic hydroxyl groups is 4. The maximum absolute atomic E-state index is 14.0. The second-order valence-electron chi connectivity index (χ2n) is 22.2. The van der Waals surface area contributed by atoms with Crippen molar-refractivity contribution in [3.63, 3.8) is 0 Å². The number of nitrogens with zero attached hydrogens (tertiary/aromatic N) is 2. The monoisotopic (exact) mass is 1180 g/mol. The van der Waals surface area contributed by atoms with Crippen molar-refractivity contribution in [2.75, 3.05) is 25.6 Å². The molecular weight excluding hydrogens is 1080 g/mol. The smallest absolute Gasteiger partial charge is 0.462 e. The average molecular weight is 1180 g/mol. The van der Waals surface area contributed by atoms with Crippen LogP contribution in [-0.4, -0.2) is 114 Å². The summed E-state index contributed by atoms with van der Waals surface area (Å²) in [5.74, 6) is -4.14. The number of fused-ring (bicyclic) bond motifs is 3. The van der Waals surface area contributed by atoms with Gasteiger partial charge in [0.15, 0.2) is 6.10 Å². The second-order valence-corrected chi connectivity index (χ2v) is 25.3. The Morgan fingerprint density at radius 3 is 1.94 bits per heavy atom. The van der Waals surface area contributed by atoms with Crippen LogP contribution in [0.2, 0.25) is 0 Å². The number of nitrogen functional groups attached to an aromatic ring is 1. The quantitative estimate of drug-likeness (QED) is 0.0157. The number of aromatic nitrogens is 2. The Hall–Kier alpha value is -2.91. The predicted molar refractivity (Wildman–Crippen MR) is 304 cm³/mol. The summed E-state index contributed by atoms with van der Waals surface area (Å²) < 4.78 is 59.2. The molecule has 1 aromatic rings. The molecule has 0 spiro atoms. The first-order chi connectivity index (χ1) is 38.3. The molecule has 21 nitrogen and oxygen atoms in total. The summed E-state index contributed by atoms with van der Waals surface area (Å²) in [5.41, 5.74) is 4.79. The molecule has 8 N–H and O–H groups in total. The first-order valence-corrected chi connectivity index (χ1v) is 33.2. The highest BCUT2D eigenvalue weighted by atomic mass is 31.3. The van der Waals surface area contributed by atoms with E-state index in [1.54, 1.807) is 0 Å². The highest BCUT2D eigenvalue weighted by Crippen LogP contribution is 2.60. The zero-order chi connectivity index (χ0) is 58.8. The number of unbranched alkanes of at least 4 members (excludes halogenated alkanes) is 19. The van der Waals surface area contributed by atoms with Crippen molar-refractivity contribution in [3.8, 4) is 0 Å². The molecule has 3 rings (SSSR count). The largest absolute Gasteiger partial charge is 0.481 e. The molecule has 23 heteroatoms. The minimum Gasteiger partial charge on any atom is -0.462 e. The summed E-state index contributed by atoms with van der Waals surface area (Å²) in [6, 6.07) is 1.25. The summed E-state index contributed by atoms with van der Waals surface area (Å²) in [6.07, 6.45) is 19.9. The number of esters is 2. The van der Waals surface area contributed by atoms with Crippen molar-refractivity contribution in [2.24, 2.45) is 17.8 Å². The third-order valence-corrected chi connectivity index (χ3v) is 17.9. The number of phosphoric ester groups is 2. The lowest BCUT2D eigenvalue weighted by Gasteiger charge is -2.39. The lowest BCUT2D eigenvalue weighted by molar-refractivity contribution is -0.188. The average Bonchev–Trinajstić information content (AvgIpc) is 3.50. The van der Waals surface area contributed by atoms with Crippen LogP contribution in [0.5, 0.6) is 0 Å². The maximum atomic E-state index is 14.0. The number of Topliss-reactive ketones (excluding diaryl/α,β-unsaturated/α-hetero) is 1. The Bertz CT molecular complexity index is 2080. The molecule has 2 saturated heterocycles. The van der Waals surface area contributed by atoms with Gasteiger partial charge < -0.3 is 50.2 Å². The summed E-state index contributed by atoms with van der Waals surface area (Å²) in [7, 11) is -11.3. The lowest BCUT2D eigenvalue weighted by Crippen LogP contribution is -2.51. The van der Waals surface area contributed by atoms with E-state index in [0.29, 0.717) is 38.5 Å². The number of phosphoric acid groups is 2. The highest BCUT2D eigenvalue weighted by molar-refractivity contribution is 7.61. The van der Waals surface area contributed by atoms with E-state index in [9.17, 15) is 58.5 Å². The standard InChI is InChI=1S/C57H101N3O18P2/c1-4-6-25-31-44(61)35-36-46-48(62)39-49(63)47-32-27-23-24-29-34-53(65)76-45(40-73-52(64)33-28-22-20-18-16-14-12-10-8-7-9-11-13-15-17-19-21-26-30-43(3)5-2)41-74-79(69,70)78-80(71,72)75-42-50(55(67)54(46)66)77-56(47)60-38-37-51(58)59-57(60)68/h35-38,43-47,49-50,54-56,61,63,66-67H,4-34,39-42H2,1-3H3,(H,69,70)(H,71,72)(H2,58,59,68)/b36-35-/t43?,44-,45+,46-,47-,49-,50+,54-,55+,56+/m0/s1. The van der Waals surface area contributed by atoms with E-state index in [1.807, 2.05) is 6.92 Å². The Kier molecular flexibility index (Phi) is 36.0. The number of cyclic esters (lactones) is 1. The predicted octanol–water partition coefficient (Wildman–Crippen LogP) is 10.4. The molecule has 12 atom stereocenters.